The van der Waals surface area contributed by atoms with Crippen molar-refractivity contribution in [3.8, 4) is 28.4 Å². The first-order chi connectivity index (χ1) is 17.5. The number of anilines is 1. The molecule has 2 atom stereocenters. The molecule has 1 aliphatic heterocycles. The number of aliphatic hydroxyl groups is 1. The first-order valence-electron chi connectivity index (χ1n) is 11.8. The standard InChI is InChI=1S/C26H31N5O5/c1-16-23(17-7-9-28-22(12-17)26(33)34-3)30-25(31-24(16)29-19-8-10-35-14-19)18-5-4-6-21(11-18)36-15-20(32)13-27-2/h4-7,9,11-12,19-20,27,32H,8,10,13-15H2,1-3H3,(H,29,30,31)/t19-,20?/m1/s1. The molecule has 0 saturated carbocycles. The van der Waals surface area contributed by atoms with Crippen molar-refractivity contribution in [3.05, 3.63) is 53.9 Å². The van der Waals surface area contributed by atoms with Gasteiger partial charge in [0.25, 0.3) is 0 Å². The highest BCUT2D eigenvalue weighted by Gasteiger charge is 2.21. The van der Waals surface area contributed by atoms with E-state index in [1.807, 2.05) is 31.2 Å². The second-order valence-corrected chi connectivity index (χ2v) is 8.55. The first-order valence-corrected chi connectivity index (χ1v) is 11.8. The van der Waals surface area contributed by atoms with Crippen LogP contribution in [0.25, 0.3) is 22.6 Å². The van der Waals surface area contributed by atoms with Crippen molar-refractivity contribution < 1.29 is 24.1 Å². The van der Waals surface area contributed by atoms with E-state index >= 15 is 0 Å². The maximum absolute atomic E-state index is 12.1. The maximum atomic E-state index is 12.1. The van der Waals surface area contributed by atoms with Gasteiger partial charge in [-0.15, -0.1) is 0 Å². The van der Waals surface area contributed by atoms with Crippen LogP contribution in [0.3, 0.4) is 0 Å². The number of aromatic nitrogens is 3. The molecule has 2 aromatic heterocycles. The zero-order chi connectivity index (χ0) is 25.5. The van der Waals surface area contributed by atoms with E-state index < -0.39 is 12.1 Å². The number of rotatable bonds is 10. The number of nitrogens with one attached hydrogen (secondary N) is 2. The van der Waals surface area contributed by atoms with Gasteiger partial charge in [0, 0.05) is 36.0 Å². The van der Waals surface area contributed by atoms with Gasteiger partial charge in [0.05, 0.1) is 25.5 Å². The number of nitrogens with zero attached hydrogens (tertiary/aromatic N) is 3. The summed E-state index contributed by atoms with van der Waals surface area (Å²) in [6.07, 6.45) is 1.82. The molecule has 0 bridgehead atoms. The van der Waals surface area contributed by atoms with Gasteiger partial charge in [0.15, 0.2) is 5.82 Å². The Labute approximate surface area is 210 Å². The van der Waals surface area contributed by atoms with E-state index in [-0.39, 0.29) is 18.3 Å². The predicted molar refractivity (Wildman–Crippen MR) is 135 cm³/mol. The van der Waals surface area contributed by atoms with E-state index in [1.54, 1.807) is 25.4 Å². The quantitative estimate of drug-likeness (QED) is 0.362. The Kier molecular flexibility index (Phi) is 8.42. The molecule has 3 aromatic rings. The number of pyridine rings is 1. The Morgan fingerprint density at radius 1 is 1.25 bits per heavy atom. The summed E-state index contributed by atoms with van der Waals surface area (Å²) in [6.45, 7) is 3.84. The van der Waals surface area contributed by atoms with Gasteiger partial charge in [-0.3, -0.25) is 0 Å². The number of methoxy groups -OCH3 is 1. The van der Waals surface area contributed by atoms with Gasteiger partial charge in [-0.1, -0.05) is 12.1 Å². The van der Waals surface area contributed by atoms with Crippen molar-refractivity contribution in [1.29, 1.82) is 0 Å². The fraction of sp³-hybridized carbons (Fsp3) is 0.385. The van der Waals surface area contributed by atoms with Gasteiger partial charge in [-0.2, -0.15) is 0 Å². The van der Waals surface area contributed by atoms with Gasteiger partial charge in [0.2, 0.25) is 0 Å². The Morgan fingerprint density at radius 3 is 2.86 bits per heavy atom. The molecule has 36 heavy (non-hydrogen) atoms. The topological polar surface area (TPSA) is 128 Å². The molecule has 0 amide bonds. The summed E-state index contributed by atoms with van der Waals surface area (Å²) in [6, 6.07) is 11.0. The monoisotopic (exact) mass is 493 g/mol. The number of carbonyl (C=O) groups is 1. The maximum Gasteiger partial charge on any atom is 0.356 e. The first kappa shape index (κ1) is 25.5. The summed E-state index contributed by atoms with van der Waals surface area (Å²) in [5.41, 5.74) is 3.19. The molecule has 1 aliphatic rings. The normalized spacial score (nSPS) is 15.9. The Balaban J connectivity index is 1.73. The van der Waals surface area contributed by atoms with Crippen LogP contribution < -0.4 is 15.4 Å². The molecule has 1 saturated heterocycles. The van der Waals surface area contributed by atoms with Crippen LogP contribution in [-0.2, 0) is 9.47 Å². The summed E-state index contributed by atoms with van der Waals surface area (Å²) in [7, 11) is 3.10. The minimum atomic E-state index is -0.624. The number of carbonyl (C=O) groups excluding carboxylic acids is 1. The number of aliphatic hydroxyl groups excluding tert-OH is 1. The van der Waals surface area contributed by atoms with Crippen molar-refractivity contribution >= 4 is 11.8 Å². The minimum Gasteiger partial charge on any atom is -0.491 e. The fourth-order valence-corrected chi connectivity index (χ4v) is 3.92. The van der Waals surface area contributed by atoms with Crippen molar-refractivity contribution in [2.45, 2.75) is 25.5 Å². The van der Waals surface area contributed by atoms with E-state index in [9.17, 15) is 9.90 Å². The van der Waals surface area contributed by atoms with Gasteiger partial charge in [0.1, 0.15) is 30.0 Å². The summed E-state index contributed by atoms with van der Waals surface area (Å²) < 4.78 is 16.1. The van der Waals surface area contributed by atoms with E-state index in [1.165, 1.54) is 7.11 Å². The lowest BCUT2D eigenvalue weighted by atomic mass is 10.1. The highest BCUT2D eigenvalue weighted by Crippen LogP contribution is 2.31. The Morgan fingerprint density at radius 2 is 2.11 bits per heavy atom. The number of ether oxygens (including phenoxy) is 3. The number of benzene rings is 1. The smallest absolute Gasteiger partial charge is 0.356 e. The van der Waals surface area contributed by atoms with Crippen LogP contribution in [0.4, 0.5) is 5.82 Å². The van der Waals surface area contributed by atoms with Crippen molar-refractivity contribution in [2.75, 3.05) is 45.8 Å². The highest BCUT2D eigenvalue weighted by molar-refractivity contribution is 5.89. The van der Waals surface area contributed by atoms with Gasteiger partial charge >= 0.3 is 5.97 Å². The van der Waals surface area contributed by atoms with Crippen molar-refractivity contribution in [2.24, 2.45) is 0 Å². The molecular weight excluding hydrogens is 462 g/mol. The highest BCUT2D eigenvalue weighted by atomic mass is 16.5. The van der Waals surface area contributed by atoms with Crippen LogP contribution >= 0.6 is 0 Å². The molecule has 0 aliphatic carbocycles. The van der Waals surface area contributed by atoms with Crippen LogP contribution in [0.2, 0.25) is 0 Å². The Bertz CT molecular complexity index is 1200. The van der Waals surface area contributed by atoms with Gasteiger partial charge < -0.3 is 30.0 Å². The van der Waals surface area contributed by atoms with E-state index in [0.29, 0.717) is 42.8 Å². The van der Waals surface area contributed by atoms with Crippen LogP contribution in [0, 0.1) is 6.92 Å². The SMILES string of the molecule is CNCC(O)COc1cccc(-c2nc(N[C@@H]3CCOC3)c(C)c(-c3ccnc(C(=O)OC)c3)n2)c1. The van der Waals surface area contributed by atoms with E-state index in [2.05, 4.69) is 15.6 Å². The average Bonchev–Trinajstić information content (AvgIpc) is 3.42. The number of hydrogen-bond donors (Lipinski definition) is 3. The van der Waals surface area contributed by atoms with Crippen molar-refractivity contribution in [3.63, 3.8) is 0 Å². The van der Waals surface area contributed by atoms with Crippen LogP contribution in [0.15, 0.2) is 42.6 Å². The van der Waals surface area contributed by atoms with Crippen LogP contribution in [0.1, 0.15) is 22.5 Å². The molecule has 4 rings (SSSR count). The minimum absolute atomic E-state index is 0.144. The summed E-state index contributed by atoms with van der Waals surface area (Å²) in [5, 5.41) is 16.4. The molecule has 0 spiro atoms. The summed E-state index contributed by atoms with van der Waals surface area (Å²) >= 11 is 0. The molecule has 3 N–H and O–H groups in total. The fourth-order valence-electron chi connectivity index (χ4n) is 3.92. The number of likely N-dealkylation sites (N-methyl/N-ethyl adjacent to an activating group) is 1. The van der Waals surface area contributed by atoms with Crippen LogP contribution in [0.5, 0.6) is 5.75 Å². The lowest BCUT2D eigenvalue weighted by Crippen LogP contribution is -2.29. The number of esters is 1. The molecule has 1 fully saturated rings. The largest absolute Gasteiger partial charge is 0.491 e. The lowest BCUT2D eigenvalue weighted by molar-refractivity contribution is 0.0594. The zero-order valence-corrected chi connectivity index (χ0v) is 20.7. The zero-order valence-electron chi connectivity index (χ0n) is 20.7. The molecule has 10 heteroatoms. The third-order valence-electron chi connectivity index (χ3n) is 5.82. The third kappa shape index (κ3) is 6.14. The second-order valence-electron chi connectivity index (χ2n) is 8.55. The van der Waals surface area contributed by atoms with Gasteiger partial charge in [-0.25, -0.2) is 19.7 Å². The summed E-state index contributed by atoms with van der Waals surface area (Å²) in [5.74, 6) is 1.27. The molecule has 10 nitrogen and oxygen atoms in total. The van der Waals surface area contributed by atoms with Gasteiger partial charge in [-0.05, 0) is 44.7 Å². The van der Waals surface area contributed by atoms with E-state index in [4.69, 9.17) is 24.2 Å². The van der Waals surface area contributed by atoms with Crippen molar-refractivity contribution in [1.82, 2.24) is 20.3 Å². The van der Waals surface area contributed by atoms with Crippen LogP contribution in [-0.4, -0.2) is 78.7 Å². The van der Waals surface area contributed by atoms with E-state index in [0.717, 1.165) is 23.1 Å². The molecule has 1 aromatic carbocycles. The molecular formula is C26H31N5O5. The molecule has 3 heterocycles. The second kappa shape index (κ2) is 11.9. The molecule has 190 valence electrons. The third-order valence-corrected chi connectivity index (χ3v) is 5.82. The molecule has 0 radical (unpaired) electrons. The summed E-state index contributed by atoms with van der Waals surface area (Å²) in [4.78, 5) is 25.9. The number of hydrogen-bond acceptors (Lipinski definition) is 10. The Hall–Kier alpha value is -3.60. The molecule has 1 unspecified atom stereocenters. The average molecular weight is 494 g/mol. The lowest BCUT2D eigenvalue weighted by Gasteiger charge is -2.18. The predicted octanol–water partition coefficient (Wildman–Crippen LogP) is 2.46.